The van der Waals surface area contributed by atoms with Gasteiger partial charge in [-0.1, -0.05) is 60.6 Å². The third-order valence-corrected chi connectivity index (χ3v) is 13.2. The molecule has 0 radical (unpaired) electrons. The molecule has 0 amide bonds. The number of nitrogens with zero attached hydrogens (tertiary/aromatic N) is 1. The summed E-state index contributed by atoms with van der Waals surface area (Å²) in [6.07, 6.45) is 20.2. The lowest BCUT2D eigenvalue weighted by atomic mass is 9.35. The summed E-state index contributed by atoms with van der Waals surface area (Å²) in [7, 11) is 0. The Labute approximate surface area is 244 Å². The fourth-order valence-electron chi connectivity index (χ4n) is 11.1. The Morgan fingerprint density at radius 1 is 1.00 bits per heavy atom. The zero-order chi connectivity index (χ0) is 29.1. The smallest absolute Gasteiger partial charge is 0.164 e. The monoisotopic (exact) mass is 545 g/mol. The van der Waals surface area contributed by atoms with Gasteiger partial charge in [0.2, 0.25) is 0 Å². The fourth-order valence-corrected chi connectivity index (χ4v) is 11.1. The van der Waals surface area contributed by atoms with Crippen molar-refractivity contribution in [1.29, 1.82) is 0 Å². The molecule has 1 N–H and O–H groups in total. The van der Waals surface area contributed by atoms with Crippen LogP contribution in [0.4, 0.5) is 0 Å². The number of pyridine rings is 1. The van der Waals surface area contributed by atoms with Gasteiger partial charge in [0, 0.05) is 17.8 Å². The molecule has 40 heavy (non-hydrogen) atoms. The summed E-state index contributed by atoms with van der Waals surface area (Å²) in [5.74, 6) is 2.85. The maximum absolute atomic E-state index is 13.9. The first-order valence-electron chi connectivity index (χ1n) is 16.2. The van der Waals surface area contributed by atoms with Gasteiger partial charge in [-0.05, 0) is 140 Å². The Balaban J connectivity index is 1.45. The minimum atomic E-state index is -0.617. The van der Waals surface area contributed by atoms with E-state index in [-0.39, 0.29) is 21.7 Å². The average molecular weight is 546 g/mol. The van der Waals surface area contributed by atoms with Gasteiger partial charge < -0.3 is 5.11 Å². The molecular formula is C37H55NO2. The number of hydrogen-bond acceptors (Lipinski definition) is 3. The van der Waals surface area contributed by atoms with Gasteiger partial charge in [0.05, 0.1) is 5.60 Å². The maximum atomic E-state index is 13.9. The summed E-state index contributed by atoms with van der Waals surface area (Å²) in [5.41, 5.74) is 1.67. The molecule has 4 saturated carbocycles. The number of hydrogen-bond donors (Lipinski definition) is 1. The zero-order valence-electron chi connectivity index (χ0n) is 26.6. The van der Waals surface area contributed by atoms with E-state index < -0.39 is 5.60 Å². The SMILES string of the molecule is CC(C)/C=C/CC[C@](C)(O)[C@H]1CC[C@]2(C)[C@@H]1CC[C@@H]1[C@@]3(C)C/C(=C/c4ccncc4)C(=O)C(C)(C)[C@@H]3CC[C@]12C. The van der Waals surface area contributed by atoms with Crippen LogP contribution in [-0.4, -0.2) is 21.5 Å². The standard InChI is InChI=1S/C37H55NO2/c1-25(2)11-9-10-18-37(8,40)29-14-19-35(6)28(29)12-13-31-34(5)24-27(23-26-16-21-38-22-17-26)32(39)33(3,4)30(34)15-20-36(31,35)7/h9,11,16-17,21-23,25,28-31,40H,10,12-15,18-20,24H2,1-8H3/b11-9+,27-23-/t28-,29+,30+,31-,34+,35-,36-,37+/m1/s1. The van der Waals surface area contributed by atoms with Gasteiger partial charge in [-0.2, -0.15) is 0 Å². The summed E-state index contributed by atoms with van der Waals surface area (Å²) in [6, 6.07) is 4.03. The average Bonchev–Trinajstić information content (AvgIpc) is 3.25. The van der Waals surface area contributed by atoms with Crippen molar-refractivity contribution in [3.05, 3.63) is 47.8 Å². The number of carbonyl (C=O) groups excluding carboxylic acids is 1. The number of aliphatic hydroxyl groups is 1. The highest BCUT2D eigenvalue weighted by Gasteiger charge is 2.69. The first kappa shape index (κ1) is 29.7. The minimum absolute atomic E-state index is 0.0967. The molecule has 0 aromatic carbocycles. The van der Waals surface area contributed by atoms with E-state index in [1.54, 1.807) is 0 Å². The van der Waals surface area contributed by atoms with E-state index >= 15 is 0 Å². The number of ketones is 1. The Morgan fingerprint density at radius 3 is 2.35 bits per heavy atom. The van der Waals surface area contributed by atoms with Gasteiger partial charge in [0.1, 0.15) is 0 Å². The number of rotatable bonds is 6. The van der Waals surface area contributed by atoms with Crippen LogP contribution >= 0.6 is 0 Å². The van der Waals surface area contributed by atoms with Gasteiger partial charge in [0.25, 0.3) is 0 Å². The van der Waals surface area contributed by atoms with Crippen molar-refractivity contribution in [1.82, 2.24) is 4.98 Å². The summed E-state index contributed by atoms with van der Waals surface area (Å²) >= 11 is 0. The molecule has 4 fully saturated rings. The van der Waals surface area contributed by atoms with Crippen molar-refractivity contribution in [2.24, 2.45) is 51.2 Å². The van der Waals surface area contributed by atoms with Crippen LogP contribution < -0.4 is 0 Å². The molecule has 0 saturated heterocycles. The van der Waals surface area contributed by atoms with Crippen LogP contribution in [0, 0.1) is 51.2 Å². The quantitative estimate of drug-likeness (QED) is 0.286. The first-order chi connectivity index (χ1) is 18.7. The van der Waals surface area contributed by atoms with Gasteiger partial charge in [-0.15, -0.1) is 0 Å². The fraction of sp³-hybridized carbons (Fsp3) is 0.730. The van der Waals surface area contributed by atoms with Crippen molar-refractivity contribution in [3.63, 3.8) is 0 Å². The van der Waals surface area contributed by atoms with Crippen molar-refractivity contribution < 1.29 is 9.90 Å². The van der Waals surface area contributed by atoms with Gasteiger partial charge >= 0.3 is 0 Å². The molecule has 3 heteroatoms. The summed E-state index contributed by atoms with van der Waals surface area (Å²) in [6.45, 7) is 18.8. The second-order valence-corrected chi connectivity index (χ2v) is 16.1. The number of fused-ring (bicyclic) bond motifs is 5. The Kier molecular flexibility index (Phi) is 7.59. The Hall–Kier alpha value is -1.74. The summed E-state index contributed by atoms with van der Waals surface area (Å²) < 4.78 is 0. The third-order valence-electron chi connectivity index (χ3n) is 13.2. The summed E-state index contributed by atoms with van der Waals surface area (Å²) in [4.78, 5) is 18.1. The Bertz CT molecular complexity index is 1160. The van der Waals surface area contributed by atoms with Gasteiger partial charge in [-0.3, -0.25) is 9.78 Å². The van der Waals surface area contributed by atoms with Crippen LogP contribution in [-0.2, 0) is 4.79 Å². The molecule has 0 aliphatic heterocycles. The third kappa shape index (κ3) is 4.58. The van der Waals surface area contributed by atoms with E-state index in [0.29, 0.717) is 35.4 Å². The summed E-state index contributed by atoms with van der Waals surface area (Å²) in [5, 5.41) is 11.8. The highest BCUT2D eigenvalue weighted by Crippen LogP contribution is 2.75. The lowest BCUT2D eigenvalue weighted by molar-refractivity contribution is -0.201. The van der Waals surface area contributed by atoms with Crippen molar-refractivity contribution >= 4 is 11.9 Å². The topological polar surface area (TPSA) is 50.2 Å². The number of carbonyl (C=O) groups is 1. The van der Waals surface area contributed by atoms with Crippen molar-refractivity contribution in [2.45, 2.75) is 119 Å². The molecule has 0 spiro atoms. The van der Waals surface area contributed by atoms with E-state index in [1.165, 1.54) is 25.7 Å². The zero-order valence-corrected chi connectivity index (χ0v) is 26.6. The molecule has 0 unspecified atom stereocenters. The lowest BCUT2D eigenvalue weighted by Crippen LogP contribution is -2.64. The van der Waals surface area contributed by atoms with Gasteiger partial charge in [-0.25, -0.2) is 0 Å². The normalized spacial score (nSPS) is 41.5. The second-order valence-electron chi connectivity index (χ2n) is 16.1. The largest absolute Gasteiger partial charge is 0.390 e. The van der Waals surface area contributed by atoms with Gasteiger partial charge in [0.15, 0.2) is 5.78 Å². The second kappa shape index (κ2) is 10.2. The maximum Gasteiger partial charge on any atom is 0.164 e. The number of Topliss-reactive ketones (excluding diaryl/α,β-unsaturated/α-hetero) is 1. The van der Waals surface area contributed by atoms with Crippen LogP contribution in [0.25, 0.3) is 6.08 Å². The predicted octanol–water partition coefficient (Wildman–Crippen LogP) is 9.07. The first-order valence-corrected chi connectivity index (χ1v) is 16.2. The molecule has 1 aromatic heterocycles. The van der Waals surface area contributed by atoms with E-state index in [0.717, 1.165) is 43.2 Å². The van der Waals surface area contributed by atoms with Crippen LogP contribution in [0.3, 0.4) is 0 Å². The molecule has 4 aliphatic rings. The van der Waals surface area contributed by atoms with Crippen LogP contribution in [0.5, 0.6) is 0 Å². The molecule has 4 aliphatic carbocycles. The molecule has 1 aromatic rings. The van der Waals surface area contributed by atoms with E-state index in [1.807, 2.05) is 24.5 Å². The molecule has 0 bridgehead atoms. The molecule has 1 heterocycles. The number of allylic oxidation sites excluding steroid dienone is 3. The van der Waals surface area contributed by atoms with E-state index in [2.05, 4.69) is 78.6 Å². The Morgan fingerprint density at radius 2 is 1.68 bits per heavy atom. The van der Waals surface area contributed by atoms with E-state index in [9.17, 15) is 9.90 Å². The van der Waals surface area contributed by atoms with Crippen LogP contribution in [0.2, 0.25) is 0 Å². The highest BCUT2D eigenvalue weighted by atomic mass is 16.3. The molecule has 5 rings (SSSR count). The van der Waals surface area contributed by atoms with Crippen LogP contribution in [0.1, 0.15) is 119 Å². The highest BCUT2D eigenvalue weighted by molar-refractivity contribution is 6.04. The lowest BCUT2D eigenvalue weighted by Gasteiger charge is -2.69. The van der Waals surface area contributed by atoms with Crippen molar-refractivity contribution in [2.75, 3.05) is 0 Å². The molecule has 3 nitrogen and oxygen atoms in total. The number of aromatic nitrogens is 1. The minimum Gasteiger partial charge on any atom is -0.390 e. The molecular weight excluding hydrogens is 490 g/mol. The molecule has 8 atom stereocenters. The molecule has 220 valence electrons. The van der Waals surface area contributed by atoms with Crippen molar-refractivity contribution in [3.8, 4) is 0 Å². The predicted molar refractivity (Wildman–Crippen MR) is 165 cm³/mol. The van der Waals surface area contributed by atoms with E-state index in [4.69, 9.17) is 0 Å². The van der Waals surface area contributed by atoms with Crippen LogP contribution in [0.15, 0.2) is 42.3 Å².